The Hall–Kier alpha value is -1.28. The Labute approximate surface area is 111 Å². The molecule has 0 aliphatic carbocycles. The summed E-state index contributed by atoms with van der Waals surface area (Å²) in [5.74, 6) is 0.999. The maximum Gasteiger partial charge on any atom is 0.125 e. The molecule has 0 saturated carbocycles. The minimum atomic E-state index is 0.206. The largest absolute Gasteiger partial charge is 0.489 e. The van der Waals surface area contributed by atoms with Crippen LogP contribution in [0.15, 0.2) is 29.8 Å². The monoisotopic (exact) mass is 247 g/mol. The van der Waals surface area contributed by atoms with E-state index in [1.165, 1.54) is 16.7 Å². The molecule has 0 radical (unpaired) electrons. The molecule has 0 heterocycles. The molecule has 1 unspecified atom stereocenters. The summed E-state index contributed by atoms with van der Waals surface area (Å²) in [6.45, 7) is 8.98. The van der Waals surface area contributed by atoms with Gasteiger partial charge in [0.1, 0.15) is 12.4 Å². The molecule has 0 amide bonds. The zero-order chi connectivity index (χ0) is 13.5. The lowest BCUT2D eigenvalue weighted by Crippen LogP contribution is -2.21. The van der Waals surface area contributed by atoms with E-state index in [4.69, 9.17) is 10.5 Å². The van der Waals surface area contributed by atoms with Gasteiger partial charge in [-0.2, -0.15) is 0 Å². The smallest absolute Gasteiger partial charge is 0.125 e. The van der Waals surface area contributed by atoms with Gasteiger partial charge in [-0.3, -0.25) is 0 Å². The van der Waals surface area contributed by atoms with Crippen LogP contribution in [0.3, 0.4) is 0 Å². The van der Waals surface area contributed by atoms with Gasteiger partial charge >= 0.3 is 0 Å². The van der Waals surface area contributed by atoms with Gasteiger partial charge in [-0.05, 0) is 50.8 Å². The van der Waals surface area contributed by atoms with Gasteiger partial charge in [0.25, 0.3) is 0 Å². The highest BCUT2D eigenvalue weighted by Gasteiger charge is 2.09. The predicted molar refractivity (Wildman–Crippen MR) is 78.1 cm³/mol. The third-order valence-corrected chi connectivity index (χ3v) is 3.02. The van der Waals surface area contributed by atoms with Crippen LogP contribution in [0.25, 0.3) is 0 Å². The average molecular weight is 247 g/mol. The Morgan fingerprint density at radius 3 is 2.72 bits per heavy atom. The van der Waals surface area contributed by atoms with Gasteiger partial charge in [-0.25, -0.2) is 0 Å². The van der Waals surface area contributed by atoms with Crippen molar-refractivity contribution in [2.45, 2.75) is 46.6 Å². The zero-order valence-corrected chi connectivity index (χ0v) is 12.0. The fraction of sp³-hybridized carbons (Fsp3) is 0.500. The minimum absolute atomic E-state index is 0.206. The zero-order valence-electron chi connectivity index (χ0n) is 12.0. The molecule has 1 aromatic rings. The van der Waals surface area contributed by atoms with Gasteiger partial charge in [0.05, 0.1) is 0 Å². The Morgan fingerprint density at radius 1 is 1.39 bits per heavy atom. The molecule has 0 aromatic heterocycles. The number of hydrogen-bond acceptors (Lipinski definition) is 2. The molecule has 1 aromatic carbocycles. The van der Waals surface area contributed by atoms with Gasteiger partial charge in [-0.15, -0.1) is 0 Å². The number of aryl methyl sites for hydroxylation is 1. The Kier molecular flexibility index (Phi) is 5.93. The minimum Gasteiger partial charge on any atom is -0.489 e. The van der Waals surface area contributed by atoms with Gasteiger partial charge in [0.15, 0.2) is 0 Å². The second-order valence-electron chi connectivity index (χ2n) is 5.03. The fourth-order valence-electron chi connectivity index (χ4n) is 1.80. The Morgan fingerprint density at radius 2 is 2.11 bits per heavy atom. The highest BCUT2D eigenvalue weighted by atomic mass is 16.5. The predicted octanol–water partition coefficient (Wildman–Crippen LogP) is 3.62. The summed E-state index contributed by atoms with van der Waals surface area (Å²) < 4.78 is 5.89. The Bertz CT molecular complexity index is 406. The van der Waals surface area contributed by atoms with Crippen molar-refractivity contribution in [2.75, 3.05) is 6.61 Å². The molecule has 1 atom stereocenters. The van der Waals surface area contributed by atoms with Gasteiger partial charge in [0, 0.05) is 6.04 Å². The third-order valence-electron chi connectivity index (χ3n) is 3.02. The first-order valence-electron chi connectivity index (χ1n) is 6.64. The van der Waals surface area contributed by atoms with E-state index in [2.05, 4.69) is 52.0 Å². The highest BCUT2D eigenvalue weighted by molar-refractivity contribution is 5.41. The van der Waals surface area contributed by atoms with E-state index in [-0.39, 0.29) is 6.04 Å². The molecule has 1 rings (SSSR count). The van der Waals surface area contributed by atoms with E-state index in [0.717, 1.165) is 18.6 Å². The summed E-state index contributed by atoms with van der Waals surface area (Å²) in [5.41, 5.74) is 9.70. The summed E-state index contributed by atoms with van der Waals surface area (Å²) in [6.07, 6.45) is 3.96. The summed E-state index contributed by atoms with van der Waals surface area (Å²) in [5, 5.41) is 0. The lowest BCUT2D eigenvalue weighted by atomic mass is 10.0. The first-order chi connectivity index (χ1) is 8.54. The van der Waals surface area contributed by atoms with Crippen LogP contribution in [0.1, 0.15) is 38.3 Å². The van der Waals surface area contributed by atoms with Gasteiger partial charge in [-0.1, -0.05) is 30.7 Å². The molecule has 0 fully saturated rings. The van der Waals surface area contributed by atoms with Crippen molar-refractivity contribution in [3.63, 3.8) is 0 Å². The summed E-state index contributed by atoms with van der Waals surface area (Å²) in [7, 11) is 0. The van der Waals surface area contributed by atoms with Crippen LogP contribution in [0.4, 0.5) is 0 Å². The lowest BCUT2D eigenvalue weighted by Gasteiger charge is -2.15. The normalized spacial score (nSPS) is 12.1. The molecule has 0 aliphatic rings. The lowest BCUT2D eigenvalue weighted by molar-refractivity contribution is 0.354. The standard InChI is InChI=1S/C16H25NO/c1-5-15(17)11-14-8-6-7-13(4)16(14)18-10-9-12(2)3/h6-9,15H,5,10-11,17H2,1-4H3. The van der Waals surface area contributed by atoms with Crippen molar-refractivity contribution >= 4 is 0 Å². The topological polar surface area (TPSA) is 35.2 Å². The number of rotatable bonds is 6. The second kappa shape index (κ2) is 7.22. The molecule has 0 spiro atoms. The van der Waals surface area contributed by atoms with Crippen molar-refractivity contribution < 1.29 is 4.74 Å². The number of allylic oxidation sites excluding steroid dienone is 1. The van der Waals surface area contributed by atoms with Gasteiger partial charge in [0.2, 0.25) is 0 Å². The first-order valence-corrected chi connectivity index (χ1v) is 6.64. The molecule has 100 valence electrons. The molecule has 2 heteroatoms. The van der Waals surface area contributed by atoms with Crippen molar-refractivity contribution in [3.8, 4) is 5.75 Å². The number of nitrogens with two attached hydrogens (primary N) is 1. The molecule has 2 nitrogen and oxygen atoms in total. The third kappa shape index (κ3) is 4.53. The van der Waals surface area contributed by atoms with Crippen LogP contribution in [-0.2, 0) is 6.42 Å². The molecule has 0 aliphatic heterocycles. The molecular weight excluding hydrogens is 222 g/mol. The van der Waals surface area contributed by atoms with Crippen molar-refractivity contribution in [1.29, 1.82) is 0 Å². The van der Waals surface area contributed by atoms with E-state index >= 15 is 0 Å². The average Bonchev–Trinajstić information content (AvgIpc) is 2.32. The summed E-state index contributed by atoms with van der Waals surface area (Å²) >= 11 is 0. The van der Waals surface area contributed by atoms with E-state index in [1.807, 2.05) is 0 Å². The molecule has 2 N–H and O–H groups in total. The van der Waals surface area contributed by atoms with E-state index in [0.29, 0.717) is 6.61 Å². The van der Waals surface area contributed by atoms with Crippen LogP contribution in [0.2, 0.25) is 0 Å². The molecule has 0 saturated heterocycles. The highest BCUT2D eigenvalue weighted by Crippen LogP contribution is 2.25. The molecule has 0 bridgehead atoms. The maximum absolute atomic E-state index is 6.03. The number of ether oxygens (including phenoxy) is 1. The van der Waals surface area contributed by atoms with E-state index in [9.17, 15) is 0 Å². The van der Waals surface area contributed by atoms with Crippen LogP contribution in [0, 0.1) is 6.92 Å². The van der Waals surface area contributed by atoms with Crippen LogP contribution < -0.4 is 10.5 Å². The van der Waals surface area contributed by atoms with Crippen molar-refractivity contribution in [1.82, 2.24) is 0 Å². The maximum atomic E-state index is 6.03. The number of hydrogen-bond donors (Lipinski definition) is 1. The molecular formula is C16H25NO. The Balaban J connectivity index is 2.83. The van der Waals surface area contributed by atoms with E-state index < -0.39 is 0 Å². The van der Waals surface area contributed by atoms with Crippen molar-refractivity contribution in [3.05, 3.63) is 41.0 Å². The quantitative estimate of drug-likeness (QED) is 0.779. The first kappa shape index (κ1) is 14.8. The fourth-order valence-corrected chi connectivity index (χ4v) is 1.80. The van der Waals surface area contributed by atoms with Gasteiger partial charge < -0.3 is 10.5 Å². The van der Waals surface area contributed by atoms with Crippen LogP contribution >= 0.6 is 0 Å². The van der Waals surface area contributed by atoms with E-state index in [1.54, 1.807) is 0 Å². The molecule has 18 heavy (non-hydrogen) atoms. The number of benzene rings is 1. The SMILES string of the molecule is CCC(N)Cc1cccc(C)c1OCC=C(C)C. The van der Waals surface area contributed by atoms with Crippen molar-refractivity contribution in [2.24, 2.45) is 5.73 Å². The summed E-state index contributed by atoms with van der Waals surface area (Å²) in [6, 6.07) is 6.47. The number of para-hydroxylation sites is 1. The van der Waals surface area contributed by atoms with Crippen LogP contribution in [-0.4, -0.2) is 12.6 Å². The van der Waals surface area contributed by atoms with Crippen LogP contribution in [0.5, 0.6) is 5.75 Å². The summed E-state index contributed by atoms with van der Waals surface area (Å²) in [4.78, 5) is 0. The second-order valence-corrected chi connectivity index (χ2v) is 5.03.